The molecule has 0 unspecified atom stereocenters. The third-order valence-electron chi connectivity index (χ3n) is 4.40. The Kier molecular flexibility index (Phi) is 6.58. The van der Waals surface area contributed by atoms with Crippen molar-refractivity contribution in [2.75, 3.05) is 11.9 Å². The summed E-state index contributed by atoms with van der Waals surface area (Å²) in [6.45, 7) is 8.42. The number of nitrogens with zero attached hydrogens (tertiary/aromatic N) is 4. The third kappa shape index (κ3) is 5.17. The number of rotatable bonds is 8. The molecule has 0 radical (unpaired) electrons. The van der Waals surface area contributed by atoms with Gasteiger partial charge in [0.25, 0.3) is 5.91 Å². The fourth-order valence-electron chi connectivity index (χ4n) is 3.04. The predicted octanol–water partition coefficient (Wildman–Crippen LogP) is 3.15. The average molecular weight is 415 g/mol. The van der Waals surface area contributed by atoms with Crippen molar-refractivity contribution in [3.05, 3.63) is 40.3 Å². The number of amides is 2. The molecule has 2 N–H and O–H groups in total. The molecule has 9 heteroatoms. The van der Waals surface area contributed by atoms with Crippen LogP contribution in [0.3, 0.4) is 0 Å². The molecule has 3 heterocycles. The second-order valence-corrected chi connectivity index (χ2v) is 8.50. The van der Waals surface area contributed by atoms with Gasteiger partial charge in [0.2, 0.25) is 11.0 Å². The van der Waals surface area contributed by atoms with E-state index in [4.69, 9.17) is 0 Å². The zero-order valence-corrected chi connectivity index (χ0v) is 18.0. The Bertz CT molecular complexity index is 1020. The van der Waals surface area contributed by atoms with Crippen LogP contribution in [0.15, 0.2) is 18.3 Å². The maximum atomic E-state index is 12.6. The summed E-state index contributed by atoms with van der Waals surface area (Å²) in [6.07, 6.45) is 3.51. The van der Waals surface area contributed by atoms with Gasteiger partial charge in [-0.2, -0.15) is 0 Å². The van der Waals surface area contributed by atoms with E-state index in [2.05, 4.69) is 39.7 Å². The minimum atomic E-state index is -0.191. The zero-order chi connectivity index (χ0) is 21.0. The first-order valence-corrected chi connectivity index (χ1v) is 10.5. The molecule has 0 aliphatic heterocycles. The minimum absolute atomic E-state index is 0.131. The third-order valence-corrected chi connectivity index (χ3v) is 5.26. The summed E-state index contributed by atoms with van der Waals surface area (Å²) in [7, 11) is 0. The topological polar surface area (TPSA) is 101 Å². The maximum absolute atomic E-state index is 12.6. The highest BCUT2D eigenvalue weighted by atomic mass is 32.1. The molecule has 0 spiro atoms. The molecule has 0 fully saturated rings. The Hall–Kier alpha value is -2.81. The molecule has 29 heavy (non-hydrogen) atoms. The highest BCUT2D eigenvalue weighted by molar-refractivity contribution is 7.15. The summed E-state index contributed by atoms with van der Waals surface area (Å²) in [5.74, 6) is 0.173. The van der Waals surface area contributed by atoms with Crippen LogP contribution in [0, 0.1) is 19.8 Å². The Morgan fingerprint density at radius 1 is 1.24 bits per heavy atom. The van der Waals surface area contributed by atoms with Gasteiger partial charge >= 0.3 is 0 Å². The summed E-state index contributed by atoms with van der Waals surface area (Å²) in [5, 5.41) is 15.2. The van der Waals surface area contributed by atoms with E-state index in [1.165, 1.54) is 11.3 Å². The van der Waals surface area contributed by atoms with Crippen LogP contribution >= 0.6 is 11.3 Å². The van der Waals surface area contributed by atoms with E-state index in [9.17, 15) is 9.59 Å². The Morgan fingerprint density at radius 2 is 2.03 bits per heavy atom. The van der Waals surface area contributed by atoms with Crippen LogP contribution in [0.2, 0.25) is 0 Å². The number of imidazole rings is 1. The van der Waals surface area contributed by atoms with Crippen LogP contribution in [0.1, 0.15) is 53.4 Å². The SMILES string of the molecule is Cc1nc2c(C)cccn2c1C(=O)NCCCC(=O)Nc1nnc(CC(C)C)s1. The molecule has 0 bridgehead atoms. The highest BCUT2D eigenvalue weighted by Crippen LogP contribution is 2.18. The van der Waals surface area contributed by atoms with Crippen molar-refractivity contribution >= 4 is 33.9 Å². The van der Waals surface area contributed by atoms with E-state index in [1.807, 2.05) is 32.2 Å². The number of hydrogen-bond donors (Lipinski definition) is 2. The van der Waals surface area contributed by atoms with Gasteiger partial charge < -0.3 is 10.6 Å². The van der Waals surface area contributed by atoms with Gasteiger partial charge in [-0.05, 0) is 37.8 Å². The van der Waals surface area contributed by atoms with Crippen molar-refractivity contribution in [1.29, 1.82) is 0 Å². The Labute approximate surface area is 173 Å². The first-order valence-electron chi connectivity index (χ1n) is 9.70. The molecule has 3 aromatic rings. The van der Waals surface area contributed by atoms with Gasteiger partial charge in [-0.25, -0.2) is 4.98 Å². The van der Waals surface area contributed by atoms with E-state index in [-0.39, 0.29) is 11.8 Å². The number of nitrogens with one attached hydrogen (secondary N) is 2. The van der Waals surface area contributed by atoms with Crippen molar-refractivity contribution in [3.8, 4) is 0 Å². The quantitative estimate of drug-likeness (QED) is 0.552. The van der Waals surface area contributed by atoms with Crippen LogP contribution in [0.4, 0.5) is 5.13 Å². The molecule has 3 rings (SSSR count). The van der Waals surface area contributed by atoms with Crippen molar-refractivity contribution in [2.24, 2.45) is 5.92 Å². The molecule has 154 valence electrons. The lowest BCUT2D eigenvalue weighted by Crippen LogP contribution is -2.27. The molecule has 0 saturated carbocycles. The summed E-state index contributed by atoms with van der Waals surface area (Å²) in [4.78, 5) is 29.2. The number of carbonyl (C=O) groups is 2. The maximum Gasteiger partial charge on any atom is 0.270 e. The fraction of sp³-hybridized carbons (Fsp3) is 0.450. The fourth-order valence-corrected chi connectivity index (χ4v) is 4.01. The number of carbonyl (C=O) groups excluding carboxylic acids is 2. The molecule has 2 amide bonds. The van der Waals surface area contributed by atoms with Crippen LogP contribution in [-0.2, 0) is 11.2 Å². The van der Waals surface area contributed by atoms with Crippen molar-refractivity contribution < 1.29 is 9.59 Å². The summed E-state index contributed by atoms with van der Waals surface area (Å²) in [6, 6.07) is 3.86. The molecular formula is C20H26N6O2S. The Balaban J connectivity index is 1.47. The second-order valence-electron chi connectivity index (χ2n) is 7.44. The first kappa shape index (κ1) is 20.9. The molecule has 0 saturated heterocycles. The minimum Gasteiger partial charge on any atom is -0.351 e. The Morgan fingerprint density at radius 3 is 2.79 bits per heavy atom. The first-order chi connectivity index (χ1) is 13.8. The predicted molar refractivity (Wildman–Crippen MR) is 113 cm³/mol. The monoisotopic (exact) mass is 414 g/mol. The number of aryl methyl sites for hydroxylation is 2. The average Bonchev–Trinajstić information content (AvgIpc) is 3.22. The molecule has 0 aliphatic rings. The smallest absolute Gasteiger partial charge is 0.270 e. The van der Waals surface area contributed by atoms with Crippen molar-refractivity contribution in [1.82, 2.24) is 24.9 Å². The van der Waals surface area contributed by atoms with E-state index < -0.39 is 0 Å². The number of anilines is 1. The van der Waals surface area contributed by atoms with E-state index in [0.29, 0.717) is 41.8 Å². The molecule has 0 aliphatic carbocycles. The highest BCUT2D eigenvalue weighted by Gasteiger charge is 2.17. The molecule has 0 aromatic carbocycles. The molecule has 0 atom stereocenters. The molecule has 3 aromatic heterocycles. The molecular weight excluding hydrogens is 388 g/mol. The van der Waals surface area contributed by atoms with Crippen molar-refractivity contribution in [3.63, 3.8) is 0 Å². The molecule has 8 nitrogen and oxygen atoms in total. The second kappa shape index (κ2) is 9.13. The normalized spacial score (nSPS) is 11.2. The van der Waals surface area contributed by atoms with Crippen molar-refractivity contribution in [2.45, 2.75) is 47.0 Å². The summed E-state index contributed by atoms with van der Waals surface area (Å²) >= 11 is 1.40. The van der Waals surface area contributed by atoms with Gasteiger partial charge in [0.15, 0.2) is 0 Å². The zero-order valence-electron chi connectivity index (χ0n) is 17.2. The largest absolute Gasteiger partial charge is 0.351 e. The van der Waals surface area contributed by atoms with Crippen LogP contribution in [-0.4, -0.2) is 37.9 Å². The number of hydrogen-bond acceptors (Lipinski definition) is 6. The lowest BCUT2D eigenvalue weighted by Gasteiger charge is -2.06. The van der Waals surface area contributed by atoms with E-state index in [0.717, 1.165) is 22.6 Å². The number of fused-ring (bicyclic) bond motifs is 1. The lowest BCUT2D eigenvalue weighted by molar-refractivity contribution is -0.116. The number of aromatic nitrogens is 4. The number of pyridine rings is 1. The lowest BCUT2D eigenvalue weighted by atomic mass is 10.1. The van der Waals surface area contributed by atoms with Gasteiger partial charge in [0.1, 0.15) is 16.3 Å². The van der Waals surface area contributed by atoms with Gasteiger partial charge in [-0.15, -0.1) is 10.2 Å². The summed E-state index contributed by atoms with van der Waals surface area (Å²) < 4.78 is 1.80. The van der Waals surface area contributed by atoms with Crippen LogP contribution in [0.5, 0.6) is 0 Å². The van der Waals surface area contributed by atoms with Crippen LogP contribution < -0.4 is 10.6 Å². The van der Waals surface area contributed by atoms with Crippen LogP contribution in [0.25, 0.3) is 5.65 Å². The van der Waals surface area contributed by atoms with E-state index in [1.54, 1.807) is 4.40 Å². The van der Waals surface area contributed by atoms with Gasteiger partial charge in [-0.3, -0.25) is 14.0 Å². The van der Waals surface area contributed by atoms with E-state index >= 15 is 0 Å². The van der Waals surface area contributed by atoms with Gasteiger partial charge in [0, 0.05) is 25.6 Å². The standard InChI is InChI=1S/C20H26N6O2S/c1-12(2)11-16-24-25-20(29-16)23-15(27)8-5-9-21-19(28)17-14(4)22-18-13(3)7-6-10-26(17)18/h6-7,10,12H,5,8-9,11H2,1-4H3,(H,21,28)(H,23,25,27). The summed E-state index contributed by atoms with van der Waals surface area (Å²) in [5.41, 5.74) is 3.01. The van der Waals surface area contributed by atoms with Gasteiger partial charge in [0.05, 0.1) is 5.69 Å². The van der Waals surface area contributed by atoms with Gasteiger partial charge in [-0.1, -0.05) is 31.3 Å².